The molecule has 0 spiro atoms. The van der Waals surface area contributed by atoms with E-state index < -0.39 is 0 Å². The standard InChI is InChI=1S/C73H70N2/c1-46-35-54(9)68(39-50(46)5)74(69-40-51(6)47(2)36-55(69)10)72-44-64(60-19-15-13-16-20-60)31-33-66(72)62-27-23-58(24-28-62)43-59-25-29-63(30-26-59)67-34-32-65(61-21-17-14-18-22-61)45-73(67)75(70-41-52(7)48(3)37-56(70)11)71-42-53(8)49(4)38-57(71)12/h13-42,44-45H,43H2,1-12H3. The molecule has 0 aliphatic heterocycles. The fourth-order valence-electron chi connectivity index (χ4n) is 10.9. The summed E-state index contributed by atoms with van der Waals surface area (Å²) in [5.74, 6) is 0. The van der Waals surface area contributed by atoms with Crippen molar-refractivity contribution in [2.45, 2.75) is 89.5 Å². The van der Waals surface area contributed by atoms with E-state index in [0.29, 0.717) is 0 Å². The van der Waals surface area contributed by atoms with Crippen LogP contribution in [0.1, 0.15) is 77.9 Å². The lowest BCUT2D eigenvalue weighted by molar-refractivity contribution is 1.18. The average Bonchev–Trinajstić information content (AvgIpc) is 3.42. The highest BCUT2D eigenvalue weighted by Crippen LogP contribution is 2.48. The first kappa shape index (κ1) is 50.3. The van der Waals surface area contributed by atoms with Crippen LogP contribution in [0.3, 0.4) is 0 Å². The second-order valence-electron chi connectivity index (χ2n) is 21.3. The zero-order valence-electron chi connectivity index (χ0n) is 46.1. The monoisotopic (exact) mass is 975 g/mol. The minimum atomic E-state index is 0.825. The van der Waals surface area contributed by atoms with Gasteiger partial charge >= 0.3 is 0 Å². The van der Waals surface area contributed by atoms with Gasteiger partial charge in [-0.15, -0.1) is 0 Å². The van der Waals surface area contributed by atoms with Crippen molar-refractivity contribution in [1.29, 1.82) is 0 Å². The van der Waals surface area contributed by atoms with Gasteiger partial charge in [-0.3, -0.25) is 0 Å². The Hall–Kier alpha value is -8.20. The van der Waals surface area contributed by atoms with Gasteiger partial charge in [0.25, 0.3) is 0 Å². The molecule has 0 N–H and O–H groups in total. The van der Waals surface area contributed by atoms with E-state index in [1.54, 1.807) is 0 Å². The summed E-state index contributed by atoms with van der Waals surface area (Å²) in [6, 6.07) is 73.0. The van der Waals surface area contributed by atoms with Crippen LogP contribution in [-0.4, -0.2) is 0 Å². The fraction of sp³-hybridized carbons (Fsp3) is 0.178. The van der Waals surface area contributed by atoms with Gasteiger partial charge in [0.1, 0.15) is 0 Å². The molecule has 0 aromatic heterocycles. The summed E-state index contributed by atoms with van der Waals surface area (Å²) in [6.07, 6.45) is 0.825. The Balaban J connectivity index is 1.04. The molecule has 0 heterocycles. The molecule has 2 heteroatoms. The largest absolute Gasteiger partial charge is 0.309 e. The molecule has 0 aliphatic rings. The molecule has 2 nitrogen and oxygen atoms in total. The van der Waals surface area contributed by atoms with Crippen LogP contribution in [0, 0.1) is 83.1 Å². The molecule has 0 unspecified atom stereocenters. The van der Waals surface area contributed by atoms with Gasteiger partial charge in [-0.05, 0) is 237 Å². The Morgan fingerprint density at radius 3 is 0.773 bits per heavy atom. The van der Waals surface area contributed by atoms with Crippen molar-refractivity contribution in [2.75, 3.05) is 9.80 Å². The van der Waals surface area contributed by atoms with Crippen LogP contribution in [0.5, 0.6) is 0 Å². The molecule has 0 saturated heterocycles. The van der Waals surface area contributed by atoms with Crippen LogP contribution in [-0.2, 0) is 6.42 Å². The third-order valence-corrected chi connectivity index (χ3v) is 15.8. The van der Waals surface area contributed by atoms with Gasteiger partial charge < -0.3 is 9.80 Å². The SMILES string of the molecule is Cc1cc(C)c(N(c2cc(C)c(C)cc2C)c2cc(-c3ccccc3)ccc2-c2ccc(Cc3ccc(-c4ccc(-c5ccccc5)cc4N(c4cc(C)c(C)cc4C)c4cc(C)c(C)cc4C)cc3)cc2)cc1C. The Morgan fingerprint density at radius 1 is 0.213 bits per heavy atom. The highest BCUT2D eigenvalue weighted by Gasteiger charge is 2.25. The van der Waals surface area contributed by atoms with Crippen LogP contribution in [0.4, 0.5) is 34.1 Å². The lowest BCUT2D eigenvalue weighted by Gasteiger charge is -2.32. The normalized spacial score (nSPS) is 11.3. The quantitative estimate of drug-likeness (QED) is 0.120. The minimum absolute atomic E-state index is 0.825. The van der Waals surface area contributed by atoms with E-state index in [1.165, 1.54) is 145 Å². The molecule has 0 radical (unpaired) electrons. The summed E-state index contributed by atoms with van der Waals surface area (Å²) < 4.78 is 0. The van der Waals surface area contributed by atoms with Crippen molar-refractivity contribution in [2.24, 2.45) is 0 Å². The number of hydrogen-bond acceptors (Lipinski definition) is 2. The Morgan fingerprint density at radius 2 is 0.480 bits per heavy atom. The van der Waals surface area contributed by atoms with E-state index in [9.17, 15) is 0 Å². The molecule has 0 aliphatic carbocycles. The topological polar surface area (TPSA) is 6.48 Å². The van der Waals surface area contributed by atoms with Gasteiger partial charge in [0, 0.05) is 33.9 Å². The summed E-state index contributed by atoms with van der Waals surface area (Å²) >= 11 is 0. The lowest BCUT2D eigenvalue weighted by atomic mass is 9.93. The predicted molar refractivity (Wildman–Crippen MR) is 324 cm³/mol. The maximum Gasteiger partial charge on any atom is 0.0546 e. The van der Waals surface area contributed by atoms with E-state index in [0.717, 1.165) is 17.8 Å². The number of anilines is 6. The molecule has 0 fully saturated rings. The molecular weight excluding hydrogens is 905 g/mol. The van der Waals surface area contributed by atoms with Gasteiger partial charge in [0.05, 0.1) is 11.4 Å². The van der Waals surface area contributed by atoms with E-state index >= 15 is 0 Å². The highest BCUT2D eigenvalue weighted by molar-refractivity contribution is 5.94. The van der Waals surface area contributed by atoms with Crippen molar-refractivity contribution in [3.63, 3.8) is 0 Å². The van der Waals surface area contributed by atoms with Crippen molar-refractivity contribution in [3.05, 3.63) is 272 Å². The summed E-state index contributed by atoms with van der Waals surface area (Å²) in [7, 11) is 0. The Kier molecular flexibility index (Phi) is 14.1. The first-order chi connectivity index (χ1) is 36.1. The number of nitrogens with zero attached hydrogens (tertiary/aromatic N) is 2. The van der Waals surface area contributed by atoms with Gasteiger partial charge in [0.2, 0.25) is 0 Å². The van der Waals surface area contributed by atoms with Gasteiger partial charge in [-0.25, -0.2) is 0 Å². The first-order valence-corrected chi connectivity index (χ1v) is 26.6. The zero-order chi connectivity index (χ0) is 52.7. The van der Waals surface area contributed by atoms with Crippen molar-refractivity contribution in [3.8, 4) is 44.5 Å². The van der Waals surface area contributed by atoms with Crippen LogP contribution >= 0.6 is 0 Å². The predicted octanol–water partition coefficient (Wildman–Crippen LogP) is 20.6. The van der Waals surface area contributed by atoms with Gasteiger partial charge in [-0.2, -0.15) is 0 Å². The molecular formula is C73H70N2. The molecule has 10 rings (SSSR count). The van der Waals surface area contributed by atoms with E-state index in [4.69, 9.17) is 0 Å². The summed E-state index contributed by atoms with van der Waals surface area (Å²) in [6.45, 7) is 26.8. The van der Waals surface area contributed by atoms with E-state index in [1.807, 2.05) is 0 Å². The summed E-state index contributed by atoms with van der Waals surface area (Å²) in [4.78, 5) is 5.04. The molecule has 75 heavy (non-hydrogen) atoms. The molecule has 0 saturated carbocycles. The maximum atomic E-state index is 2.52. The minimum Gasteiger partial charge on any atom is -0.309 e. The van der Waals surface area contributed by atoms with Crippen molar-refractivity contribution < 1.29 is 0 Å². The van der Waals surface area contributed by atoms with E-state index in [2.05, 4.69) is 287 Å². The molecule has 10 aromatic rings. The fourth-order valence-corrected chi connectivity index (χ4v) is 10.9. The van der Waals surface area contributed by atoms with E-state index in [-0.39, 0.29) is 0 Å². The molecule has 0 bridgehead atoms. The second-order valence-corrected chi connectivity index (χ2v) is 21.3. The van der Waals surface area contributed by atoms with Gasteiger partial charge in [-0.1, -0.05) is 158 Å². The average molecular weight is 975 g/mol. The number of rotatable bonds is 12. The third-order valence-electron chi connectivity index (χ3n) is 15.8. The highest BCUT2D eigenvalue weighted by atomic mass is 15.2. The van der Waals surface area contributed by atoms with Crippen LogP contribution in [0.2, 0.25) is 0 Å². The summed E-state index contributed by atoms with van der Waals surface area (Å²) in [5.41, 5.74) is 34.5. The van der Waals surface area contributed by atoms with Crippen LogP contribution in [0.15, 0.2) is 194 Å². The second kappa shape index (κ2) is 21.0. The number of benzene rings is 10. The van der Waals surface area contributed by atoms with Crippen molar-refractivity contribution in [1.82, 2.24) is 0 Å². The molecule has 0 atom stereocenters. The van der Waals surface area contributed by atoms with Crippen LogP contribution in [0.25, 0.3) is 44.5 Å². The number of hydrogen-bond donors (Lipinski definition) is 0. The van der Waals surface area contributed by atoms with Crippen LogP contribution < -0.4 is 9.80 Å². The summed E-state index contributed by atoms with van der Waals surface area (Å²) in [5, 5.41) is 0. The third kappa shape index (κ3) is 10.2. The Labute approximate surface area is 447 Å². The number of aryl methyl sites for hydroxylation is 12. The zero-order valence-corrected chi connectivity index (χ0v) is 46.1. The Bertz CT molecular complexity index is 3370. The molecule has 372 valence electrons. The smallest absolute Gasteiger partial charge is 0.0546 e. The van der Waals surface area contributed by atoms with Gasteiger partial charge in [0.15, 0.2) is 0 Å². The molecule has 10 aromatic carbocycles. The molecule has 0 amide bonds. The first-order valence-electron chi connectivity index (χ1n) is 26.6. The van der Waals surface area contributed by atoms with Crippen molar-refractivity contribution >= 4 is 34.1 Å². The maximum absolute atomic E-state index is 2.52. The lowest BCUT2D eigenvalue weighted by Crippen LogP contribution is -2.15.